The van der Waals surface area contributed by atoms with Crippen LogP contribution in [0.4, 0.5) is 0 Å². The third kappa shape index (κ3) is 52.4. The Hall–Kier alpha value is -4.45. The van der Waals surface area contributed by atoms with Gasteiger partial charge in [0.25, 0.3) is 0 Å². The van der Waals surface area contributed by atoms with Crippen molar-refractivity contribution < 1.29 is 28.6 Å². The number of hydrogen-bond acceptors (Lipinski definition) is 6. The number of unbranched alkanes of at least 4 members (excludes halogenated alkanes) is 13. The molecule has 1 atom stereocenters. The standard InChI is InChI=1S/C61H96O6/c1-4-7-10-13-16-19-22-25-27-29-30-32-33-36-39-42-45-48-51-54-60(63)66-57-58(56-65-59(62)53-50-47-44-41-38-35-24-21-18-15-12-9-6-3)67-61(64)55-52-49-46-43-40-37-34-31-28-26-23-20-17-14-11-8-5-2/h8,11,16-17,19-21,24-28,30,32,34,36-37,39,43,45-46,48,58H,4-7,9-10,12-15,18,22-23,29,31,33,35,38,40-42,44,47,49-57H2,1-3H3/b11-8-,19-16-,20-17-,24-21-,27-25-,28-26-,32-30-,37-34-,39-36-,46-43-,48-45-/t58-/m0/s1. The van der Waals surface area contributed by atoms with Gasteiger partial charge in [0, 0.05) is 19.3 Å². The lowest BCUT2D eigenvalue weighted by Gasteiger charge is -2.18. The van der Waals surface area contributed by atoms with E-state index in [2.05, 4.69) is 142 Å². The van der Waals surface area contributed by atoms with Crippen LogP contribution in [0.2, 0.25) is 0 Å². The van der Waals surface area contributed by atoms with Crippen LogP contribution >= 0.6 is 0 Å². The first-order valence-corrected chi connectivity index (χ1v) is 26.7. The highest BCUT2D eigenvalue weighted by Gasteiger charge is 2.19. The predicted octanol–water partition coefficient (Wildman–Crippen LogP) is 17.9. The van der Waals surface area contributed by atoms with Crippen molar-refractivity contribution in [3.8, 4) is 0 Å². The van der Waals surface area contributed by atoms with Gasteiger partial charge in [0.05, 0.1) is 0 Å². The molecule has 6 heteroatoms. The van der Waals surface area contributed by atoms with Crippen LogP contribution in [0.15, 0.2) is 134 Å². The zero-order chi connectivity index (χ0) is 48.6. The molecule has 0 aliphatic carbocycles. The SMILES string of the molecule is CC/C=C\C/C=C\C/C=C\C/C=C\C/C=C\CCCC(=O)O[C@H](COC(=O)CC/C=C\C/C=C\C/C=C\C/C=C\C/C=C\CCCCC)COC(=O)CCCCCCC/C=C\CCCCCC. The molecule has 0 fully saturated rings. The second-order valence-corrected chi connectivity index (χ2v) is 17.0. The molecule has 0 saturated carbocycles. The van der Waals surface area contributed by atoms with Crippen LogP contribution in [0.1, 0.15) is 213 Å². The Balaban J connectivity index is 4.62. The Morgan fingerprint density at radius 3 is 1.09 bits per heavy atom. The zero-order valence-electron chi connectivity index (χ0n) is 42.9. The summed E-state index contributed by atoms with van der Waals surface area (Å²) >= 11 is 0. The molecule has 0 bridgehead atoms. The Bertz CT molecular complexity index is 1480. The van der Waals surface area contributed by atoms with E-state index in [1.165, 1.54) is 64.2 Å². The molecule has 0 saturated heterocycles. The number of carbonyl (C=O) groups is 3. The molecule has 6 nitrogen and oxygen atoms in total. The lowest BCUT2D eigenvalue weighted by Crippen LogP contribution is -2.30. The minimum atomic E-state index is -0.846. The van der Waals surface area contributed by atoms with Crippen molar-refractivity contribution in [1.82, 2.24) is 0 Å². The monoisotopic (exact) mass is 925 g/mol. The Labute approximate surface area is 411 Å². The maximum atomic E-state index is 12.8. The Kier molecular flexibility index (Phi) is 50.6. The average molecular weight is 925 g/mol. The molecular weight excluding hydrogens is 829 g/mol. The van der Waals surface area contributed by atoms with Gasteiger partial charge in [-0.05, 0) is 122 Å². The topological polar surface area (TPSA) is 78.9 Å². The number of carbonyl (C=O) groups excluding carboxylic acids is 3. The van der Waals surface area contributed by atoms with Gasteiger partial charge in [-0.1, -0.05) is 206 Å². The molecule has 376 valence electrons. The summed E-state index contributed by atoms with van der Waals surface area (Å²) in [6.45, 7) is 6.34. The van der Waals surface area contributed by atoms with Crippen molar-refractivity contribution in [1.29, 1.82) is 0 Å². The molecular formula is C61H96O6. The van der Waals surface area contributed by atoms with E-state index in [1.54, 1.807) is 0 Å². The second-order valence-electron chi connectivity index (χ2n) is 17.0. The summed E-state index contributed by atoms with van der Waals surface area (Å²) in [6.07, 6.45) is 75.9. The minimum Gasteiger partial charge on any atom is -0.462 e. The van der Waals surface area contributed by atoms with Crippen LogP contribution in [-0.4, -0.2) is 37.2 Å². The highest BCUT2D eigenvalue weighted by molar-refractivity contribution is 5.71. The summed E-state index contributed by atoms with van der Waals surface area (Å²) in [5.74, 6) is -1.10. The first-order valence-electron chi connectivity index (χ1n) is 26.7. The lowest BCUT2D eigenvalue weighted by atomic mass is 10.1. The summed E-state index contributed by atoms with van der Waals surface area (Å²) in [7, 11) is 0. The summed E-state index contributed by atoms with van der Waals surface area (Å²) in [6, 6.07) is 0. The predicted molar refractivity (Wildman–Crippen MR) is 288 cm³/mol. The van der Waals surface area contributed by atoms with Gasteiger partial charge >= 0.3 is 17.9 Å². The molecule has 0 N–H and O–H groups in total. The van der Waals surface area contributed by atoms with E-state index in [-0.39, 0.29) is 38.0 Å². The third-order valence-corrected chi connectivity index (χ3v) is 10.6. The van der Waals surface area contributed by atoms with E-state index in [1.807, 2.05) is 12.2 Å². The van der Waals surface area contributed by atoms with Crippen molar-refractivity contribution in [3.63, 3.8) is 0 Å². The molecule has 0 aromatic heterocycles. The zero-order valence-corrected chi connectivity index (χ0v) is 42.9. The summed E-state index contributed by atoms with van der Waals surface area (Å²) in [4.78, 5) is 38.0. The molecule has 0 aliphatic rings. The first kappa shape index (κ1) is 62.5. The van der Waals surface area contributed by atoms with E-state index >= 15 is 0 Å². The van der Waals surface area contributed by atoms with Crippen molar-refractivity contribution in [3.05, 3.63) is 134 Å². The van der Waals surface area contributed by atoms with Crippen LogP contribution in [0.25, 0.3) is 0 Å². The largest absolute Gasteiger partial charge is 0.462 e. The summed E-state index contributed by atoms with van der Waals surface area (Å²) in [5, 5.41) is 0. The molecule has 0 radical (unpaired) electrons. The molecule has 0 heterocycles. The molecule has 0 aromatic rings. The van der Waals surface area contributed by atoms with Crippen molar-refractivity contribution >= 4 is 17.9 Å². The fourth-order valence-electron chi connectivity index (χ4n) is 6.63. The first-order chi connectivity index (χ1) is 33.0. The van der Waals surface area contributed by atoms with Gasteiger partial charge < -0.3 is 14.2 Å². The quantitative estimate of drug-likeness (QED) is 0.0262. The highest BCUT2D eigenvalue weighted by atomic mass is 16.6. The fraction of sp³-hybridized carbons (Fsp3) is 0.590. The smallest absolute Gasteiger partial charge is 0.306 e. The van der Waals surface area contributed by atoms with Gasteiger partial charge in [0.15, 0.2) is 6.10 Å². The van der Waals surface area contributed by atoms with Crippen molar-refractivity contribution in [2.75, 3.05) is 13.2 Å². The maximum absolute atomic E-state index is 12.8. The van der Waals surface area contributed by atoms with Crippen molar-refractivity contribution in [2.45, 2.75) is 219 Å². The van der Waals surface area contributed by atoms with Crippen LogP contribution in [0.5, 0.6) is 0 Å². The van der Waals surface area contributed by atoms with Gasteiger partial charge in [-0.25, -0.2) is 0 Å². The van der Waals surface area contributed by atoms with Gasteiger partial charge in [0.1, 0.15) is 13.2 Å². The maximum Gasteiger partial charge on any atom is 0.306 e. The van der Waals surface area contributed by atoms with Gasteiger partial charge in [-0.15, -0.1) is 0 Å². The van der Waals surface area contributed by atoms with E-state index < -0.39 is 12.1 Å². The van der Waals surface area contributed by atoms with E-state index in [0.717, 1.165) is 96.3 Å². The number of ether oxygens (including phenoxy) is 3. The van der Waals surface area contributed by atoms with Gasteiger partial charge in [-0.2, -0.15) is 0 Å². The van der Waals surface area contributed by atoms with Crippen LogP contribution in [-0.2, 0) is 28.6 Å². The number of esters is 3. The second kappa shape index (κ2) is 54.2. The molecule has 0 unspecified atom stereocenters. The molecule has 0 rings (SSSR count). The number of hydrogen-bond donors (Lipinski definition) is 0. The van der Waals surface area contributed by atoms with Crippen LogP contribution in [0.3, 0.4) is 0 Å². The Morgan fingerprint density at radius 1 is 0.313 bits per heavy atom. The fourth-order valence-corrected chi connectivity index (χ4v) is 6.63. The highest BCUT2D eigenvalue weighted by Crippen LogP contribution is 2.11. The minimum absolute atomic E-state index is 0.133. The number of rotatable bonds is 46. The molecule has 0 aromatic carbocycles. The lowest BCUT2D eigenvalue weighted by molar-refractivity contribution is -0.166. The van der Waals surface area contributed by atoms with E-state index in [4.69, 9.17) is 14.2 Å². The number of allylic oxidation sites excluding steroid dienone is 22. The normalized spacial score (nSPS) is 13.2. The summed E-state index contributed by atoms with van der Waals surface area (Å²) < 4.78 is 16.7. The van der Waals surface area contributed by atoms with Crippen molar-refractivity contribution in [2.24, 2.45) is 0 Å². The van der Waals surface area contributed by atoms with Crippen LogP contribution in [0, 0.1) is 0 Å². The van der Waals surface area contributed by atoms with E-state index in [9.17, 15) is 14.4 Å². The molecule has 0 spiro atoms. The third-order valence-electron chi connectivity index (χ3n) is 10.6. The van der Waals surface area contributed by atoms with Gasteiger partial charge in [0.2, 0.25) is 0 Å². The molecule has 0 aliphatic heterocycles. The molecule has 67 heavy (non-hydrogen) atoms. The van der Waals surface area contributed by atoms with Crippen LogP contribution < -0.4 is 0 Å². The molecule has 0 amide bonds. The summed E-state index contributed by atoms with van der Waals surface area (Å²) in [5.41, 5.74) is 0. The Morgan fingerprint density at radius 2 is 0.627 bits per heavy atom. The van der Waals surface area contributed by atoms with E-state index in [0.29, 0.717) is 19.3 Å². The average Bonchev–Trinajstić information content (AvgIpc) is 3.33. The van der Waals surface area contributed by atoms with Gasteiger partial charge in [-0.3, -0.25) is 14.4 Å².